The fourth-order valence-electron chi connectivity index (χ4n) is 3.98. The summed E-state index contributed by atoms with van der Waals surface area (Å²) in [4.78, 5) is 10.6. The highest BCUT2D eigenvalue weighted by Crippen LogP contribution is 2.47. The first-order valence-electron chi connectivity index (χ1n) is 10.1. The zero-order chi connectivity index (χ0) is 20.9. The molecule has 30 heavy (non-hydrogen) atoms. The van der Waals surface area contributed by atoms with Crippen LogP contribution in [0.1, 0.15) is 41.4 Å². The lowest BCUT2D eigenvalue weighted by atomic mass is 9.76. The standard InChI is InChI=1S/C25H24O5/c26-19-10-13-21-23(15-19)30-16-22(17-5-2-1-3-6-17)25(21)18-8-11-20(12-9-18)29-14-4-7-24(27)28/h1-3,5-6,8-13,15,22,25-26H,4,7,14,16H2,(H,27,28). The molecule has 0 radical (unpaired) electrons. The third kappa shape index (κ3) is 4.40. The fourth-order valence-corrected chi connectivity index (χ4v) is 3.98. The lowest BCUT2D eigenvalue weighted by Crippen LogP contribution is -2.25. The molecule has 5 heteroatoms. The van der Waals surface area contributed by atoms with Crippen molar-refractivity contribution in [1.29, 1.82) is 0 Å². The average Bonchev–Trinajstić information content (AvgIpc) is 2.77. The van der Waals surface area contributed by atoms with E-state index < -0.39 is 5.97 Å². The van der Waals surface area contributed by atoms with E-state index in [2.05, 4.69) is 24.3 Å². The van der Waals surface area contributed by atoms with Crippen LogP contribution < -0.4 is 9.47 Å². The zero-order valence-electron chi connectivity index (χ0n) is 16.5. The lowest BCUT2D eigenvalue weighted by Gasteiger charge is -2.34. The maximum absolute atomic E-state index is 10.6. The highest BCUT2D eigenvalue weighted by Gasteiger charge is 2.33. The van der Waals surface area contributed by atoms with Crippen LogP contribution in [-0.2, 0) is 4.79 Å². The molecule has 0 saturated heterocycles. The molecule has 3 aromatic carbocycles. The Morgan fingerprint density at radius 3 is 2.50 bits per heavy atom. The fraction of sp³-hybridized carbons (Fsp3) is 0.240. The molecule has 2 unspecified atom stereocenters. The second-order valence-electron chi connectivity index (χ2n) is 7.44. The molecule has 154 valence electrons. The molecule has 0 fully saturated rings. The Morgan fingerprint density at radius 2 is 1.77 bits per heavy atom. The molecule has 4 rings (SSSR count). The minimum absolute atomic E-state index is 0.0813. The third-order valence-corrected chi connectivity index (χ3v) is 5.42. The minimum Gasteiger partial charge on any atom is -0.508 e. The number of ether oxygens (including phenoxy) is 2. The van der Waals surface area contributed by atoms with Crippen LogP contribution in [0.2, 0.25) is 0 Å². The van der Waals surface area contributed by atoms with E-state index in [9.17, 15) is 9.90 Å². The number of phenols is 1. The van der Waals surface area contributed by atoms with Gasteiger partial charge in [0.15, 0.2) is 0 Å². The summed E-state index contributed by atoms with van der Waals surface area (Å²) in [7, 11) is 0. The number of aromatic hydroxyl groups is 1. The smallest absolute Gasteiger partial charge is 0.303 e. The molecule has 0 aromatic heterocycles. The van der Waals surface area contributed by atoms with Gasteiger partial charge in [0.25, 0.3) is 0 Å². The first-order chi connectivity index (χ1) is 14.6. The molecule has 1 aliphatic heterocycles. The summed E-state index contributed by atoms with van der Waals surface area (Å²) in [6.45, 7) is 0.899. The van der Waals surface area contributed by atoms with Gasteiger partial charge in [0, 0.05) is 29.9 Å². The molecule has 0 aliphatic carbocycles. The number of aliphatic carboxylic acids is 1. The quantitative estimate of drug-likeness (QED) is 0.545. The first kappa shape index (κ1) is 19.8. The van der Waals surface area contributed by atoms with Gasteiger partial charge in [-0.25, -0.2) is 0 Å². The Hall–Kier alpha value is -3.47. The summed E-state index contributed by atoms with van der Waals surface area (Å²) in [5, 5.41) is 18.6. The largest absolute Gasteiger partial charge is 0.508 e. The van der Waals surface area contributed by atoms with Crippen molar-refractivity contribution >= 4 is 5.97 Å². The molecule has 0 amide bonds. The predicted molar refractivity (Wildman–Crippen MR) is 113 cm³/mol. The molecule has 0 saturated carbocycles. The third-order valence-electron chi connectivity index (χ3n) is 5.42. The van der Waals surface area contributed by atoms with E-state index in [0.717, 1.165) is 16.9 Å². The Bertz CT molecular complexity index is 998. The molecule has 5 nitrogen and oxygen atoms in total. The Balaban J connectivity index is 1.61. The van der Waals surface area contributed by atoms with Gasteiger partial charge in [0.2, 0.25) is 0 Å². The summed E-state index contributed by atoms with van der Waals surface area (Å²) >= 11 is 0. The van der Waals surface area contributed by atoms with E-state index in [1.165, 1.54) is 5.56 Å². The number of carboxylic acids is 1. The van der Waals surface area contributed by atoms with Crippen LogP contribution >= 0.6 is 0 Å². The van der Waals surface area contributed by atoms with Gasteiger partial charge in [0.05, 0.1) is 13.2 Å². The summed E-state index contributed by atoms with van der Waals surface area (Å²) in [5.41, 5.74) is 3.38. The van der Waals surface area contributed by atoms with Gasteiger partial charge >= 0.3 is 5.97 Å². The van der Waals surface area contributed by atoms with Crippen molar-refractivity contribution in [3.05, 3.63) is 89.5 Å². The highest BCUT2D eigenvalue weighted by molar-refractivity contribution is 5.66. The molecule has 0 spiro atoms. The van der Waals surface area contributed by atoms with Crippen molar-refractivity contribution in [3.63, 3.8) is 0 Å². The number of phenolic OH excluding ortho intramolecular Hbond substituents is 1. The van der Waals surface area contributed by atoms with Crippen molar-refractivity contribution in [2.45, 2.75) is 24.7 Å². The Labute approximate surface area is 175 Å². The molecular weight excluding hydrogens is 380 g/mol. The van der Waals surface area contributed by atoms with Crippen LogP contribution in [0, 0.1) is 0 Å². The molecule has 1 heterocycles. The monoisotopic (exact) mass is 404 g/mol. The van der Waals surface area contributed by atoms with Gasteiger partial charge in [-0.1, -0.05) is 48.5 Å². The van der Waals surface area contributed by atoms with E-state index in [4.69, 9.17) is 14.6 Å². The number of carbonyl (C=O) groups is 1. The van der Waals surface area contributed by atoms with Crippen molar-refractivity contribution in [1.82, 2.24) is 0 Å². The maximum Gasteiger partial charge on any atom is 0.303 e. The topological polar surface area (TPSA) is 76.0 Å². The predicted octanol–water partition coefficient (Wildman–Crippen LogP) is 4.94. The van der Waals surface area contributed by atoms with E-state index in [-0.39, 0.29) is 24.0 Å². The van der Waals surface area contributed by atoms with Gasteiger partial charge in [-0.05, 0) is 35.7 Å². The average molecular weight is 404 g/mol. The zero-order valence-corrected chi connectivity index (χ0v) is 16.5. The van der Waals surface area contributed by atoms with E-state index in [0.29, 0.717) is 25.4 Å². The lowest BCUT2D eigenvalue weighted by molar-refractivity contribution is -0.137. The van der Waals surface area contributed by atoms with Crippen molar-refractivity contribution < 1.29 is 24.5 Å². The van der Waals surface area contributed by atoms with Gasteiger partial charge in [-0.2, -0.15) is 0 Å². The van der Waals surface area contributed by atoms with Gasteiger partial charge in [-0.3, -0.25) is 4.79 Å². The Kier molecular flexibility index (Phi) is 5.89. The molecule has 2 N–H and O–H groups in total. The summed E-state index contributed by atoms with van der Waals surface area (Å²) < 4.78 is 11.7. The van der Waals surface area contributed by atoms with Crippen LogP contribution in [0.5, 0.6) is 17.2 Å². The normalized spacial score (nSPS) is 17.6. The SMILES string of the molecule is O=C(O)CCCOc1ccc(C2c3ccc(O)cc3OCC2c2ccccc2)cc1. The maximum atomic E-state index is 10.6. The van der Waals surface area contributed by atoms with E-state index in [1.54, 1.807) is 12.1 Å². The summed E-state index contributed by atoms with van der Waals surface area (Å²) in [5.74, 6) is 1.03. The van der Waals surface area contributed by atoms with Gasteiger partial charge in [-0.15, -0.1) is 0 Å². The first-order valence-corrected chi connectivity index (χ1v) is 10.1. The van der Waals surface area contributed by atoms with Crippen molar-refractivity contribution in [3.8, 4) is 17.2 Å². The minimum atomic E-state index is -0.815. The number of fused-ring (bicyclic) bond motifs is 1. The van der Waals surface area contributed by atoms with Crippen LogP contribution in [-0.4, -0.2) is 29.4 Å². The molecular formula is C25H24O5. The number of benzene rings is 3. The number of rotatable bonds is 7. The Morgan fingerprint density at radius 1 is 1.00 bits per heavy atom. The van der Waals surface area contributed by atoms with Crippen molar-refractivity contribution in [2.24, 2.45) is 0 Å². The van der Waals surface area contributed by atoms with Crippen LogP contribution in [0.3, 0.4) is 0 Å². The van der Waals surface area contributed by atoms with Gasteiger partial charge < -0.3 is 19.7 Å². The number of hydrogen-bond donors (Lipinski definition) is 2. The van der Waals surface area contributed by atoms with Crippen LogP contribution in [0.4, 0.5) is 0 Å². The van der Waals surface area contributed by atoms with Crippen molar-refractivity contribution in [2.75, 3.05) is 13.2 Å². The van der Waals surface area contributed by atoms with Crippen LogP contribution in [0.25, 0.3) is 0 Å². The highest BCUT2D eigenvalue weighted by atomic mass is 16.5. The second kappa shape index (κ2) is 8.91. The molecule has 3 aromatic rings. The molecule has 2 atom stereocenters. The summed E-state index contributed by atoms with van der Waals surface area (Å²) in [6.07, 6.45) is 0.576. The van der Waals surface area contributed by atoms with E-state index >= 15 is 0 Å². The molecule has 0 bridgehead atoms. The molecule has 1 aliphatic rings. The number of hydrogen-bond acceptors (Lipinski definition) is 4. The number of carboxylic acid groups (broad SMARTS) is 1. The summed E-state index contributed by atoms with van der Waals surface area (Å²) in [6, 6.07) is 23.6. The van der Waals surface area contributed by atoms with Crippen LogP contribution in [0.15, 0.2) is 72.8 Å². The second-order valence-corrected chi connectivity index (χ2v) is 7.44. The van der Waals surface area contributed by atoms with Gasteiger partial charge in [0.1, 0.15) is 17.2 Å². The van der Waals surface area contributed by atoms with E-state index in [1.807, 2.05) is 36.4 Å².